The second kappa shape index (κ2) is 6.48. The normalized spacial score (nSPS) is 24.0. The van der Waals surface area contributed by atoms with Gasteiger partial charge in [-0.3, -0.25) is 0 Å². The summed E-state index contributed by atoms with van der Waals surface area (Å²) in [5.41, 5.74) is 0. The van der Waals surface area contributed by atoms with Crippen molar-refractivity contribution in [2.24, 2.45) is 0 Å². The molecule has 1 saturated heterocycles. The van der Waals surface area contributed by atoms with Crippen LogP contribution in [0.4, 0.5) is 0 Å². The first-order chi connectivity index (χ1) is 10.6. The van der Waals surface area contributed by atoms with Crippen molar-refractivity contribution in [1.29, 1.82) is 0 Å². The van der Waals surface area contributed by atoms with E-state index in [-0.39, 0.29) is 21.9 Å². The molecule has 1 aromatic carbocycles. The van der Waals surface area contributed by atoms with Gasteiger partial charge in [-0.15, -0.1) is 0 Å². The van der Waals surface area contributed by atoms with Gasteiger partial charge in [0, 0.05) is 39.3 Å². The predicted octanol–water partition coefficient (Wildman–Crippen LogP) is 0.308. The summed E-state index contributed by atoms with van der Waals surface area (Å²) in [5.74, 6) is 0. The molecule has 1 fully saturated rings. The number of sulfonamides is 2. The van der Waals surface area contributed by atoms with Crippen molar-refractivity contribution >= 4 is 20.0 Å². The Morgan fingerprint density at radius 3 is 2.22 bits per heavy atom. The number of piperazine rings is 1. The Bertz CT molecular complexity index is 775. The van der Waals surface area contributed by atoms with Gasteiger partial charge in [-0.25, -0.2) is 21.1 Å². The second-order valence-electron chi connectivity index (χ2n) is 5.83. The lowest BCUT2D eigenvalue weighted by Gasteiger charge is -2.37. The van der Waals surface area contributed by atoms with Crippen LogP contribution in [0.15, 0.2) is 34.1 Å². The van der Waals surface area contributed by atoms with Crippen LogP contribution in [0.5, 0.6) is 0 Å². The Balaban J connectivity index is 2.58. The summed E-state index contributed by atoms with van der Waals surface area (Å²) in [7, 11) is -4.99. The molecule has 0 bridgehead atoms. The SMILES string of the molecule is CC1NCCN(S(=O)(=O)c2ccccc2S(=O)(=O)N(C)C)C1C. The molecule has 2 unspecified atom stereocenters. The molecule has 23 heavy (non-hydrogen) atoms. The van der Waals surface area contributed by atoms with E-state index in [9.17, 15) is 16.8 Å². The third kappa shape index (κ3) is 3.29. The number of hydrogen-bond acceptors (Lipinski definition) is 5. The van der Waals surface area contributed by atoms with E-state index in [1.165, 1.54) is 42.7 Å². The van der Waals surface area contributed by atoms with Gasteiger partial charge in [-0.05, 0) is 26.0 Å². The van der Waals surface area contributed by atoms with Crippen molar-refractivity contribution in [3.8, 4) is 0 Å². The fourth-order valence-electron chi connectivity index (χ4n) is 2.56. The molecule has 0 spiro atoms. The largest absolute Gasteiger partial charge is 0.311 e. The molecule has 1 N–H and O–H groups in total. The maximum atomic E-state index is 13.0. The Labute approximate surface area is 138 Å². The second-order valence-corrected chi connectivity index (χ2v) is 9.81. The Kier molecular flexibility index (Phi) is 5.17. The molecule has 7 nitrogen and oxygen atoms in total. The maximum Gasteiger partial charge on any atom is 0.244 e. The lowest BCUT2D eigenvalue weighted by molar-refractivity contribution is 0.232. The average Bonchev–Trinajstić information content (AvgIpc) is 2.49. The van der Waals surface area contributed by atoms with E-state index in [2.05, 4.69) is 5.32 Å². The Morgan fingerprint density at radius 1 is 1.09 bits per heavy atom. The number of hydrogen-bond donors (Lipinski definition) is 1. The number of benzene rings is 1. The van der Waals surface area contributed by atoms with Gasteiger partial charge in [0.1, 0.15) is 9.79 Å². The Morgan fingerprint density at radius 2 is 1.65 bits per heavy atom. The van der Waals surface area contributed by atoms with Crippen molar-refractivity contribution in [3.63, 3.8) is 0 Å². The van der Waals surface area contributed by atoms with Gasteiger partial charge in [0.05, 0.1) is 0 Å². The lowest BCUT2D eigenvalue weighted by atomic mass is 10.1. The van der Waals surface area contributed by atoms with Gasteiger partial charge in [-0.2, -0.15) is 4.31 Å². The lowest BCUT2D eigenvalue weighted by Crippen LogP contribution is -2.57. The summed E-state index contributed by atoms with van der Waals surface area (Å²) in [6.07, 6.45) is 0. The van der Waals surface area contributed by atoms with Gasteiger partial charge >= 0.3 is 0 Å². The molecule has 1 heterocycles. The van der Waals surface area contributed by atoms with Gasteiger partial charge in [0.2, 0.25) is 20.0 Å². The van der Waals surface area contributed by atoms with E-state index in [0.717, 1.165) is 4.31 Å². The van der Waals surface area contributed by atoms with Gasteiger partial charge in [0.15, 0.2) is 0 Å². The highest BCUT2D eigenvalue weighted by atomic mass is 32.2. The summed E-state index contributed by atoms with van der Waals surface area (Å²) >= 11 is 0. The highest BCUT2D eigenvalue weighted by Crippen LogP contribution is 2.28. The first-order valence-corrected chi connectivity index (χ1v) is 10.2. The van der Waals surface area contributed by atoms with Crippen LogP contribution in [0.1, 0.15) is 13.8 Å². The van der Waals surface area contributed by atoms with Crippen molar-refractivity contribution in [3.05, 3.63) is 24.3 Å². The maximum absolute atomic E-state index is 13.0. The molecular formula is C14H23N3O4S2. The quantitative estimate of drug-likeness (QED) is 0.834. The van der Waals surface area contributed by atoms with Crippen LogP contribution in [0, 0.1) is 0 Å². The highest BCUT2D eigenvalue weighted by molar-refractivity contribution is 7.92. The minimum Gasteiger partial charge on any atom is -0.311 e. The van der Waals surface area contributed by atoms with E-state index in [0.29, 0.717) is 13.1 Å². The van der Waals surface area contributed by atoms with E-state index in [1.54, 1.807) is 0 Å². The molecule has 0 aromatic heterocycles. The number of nitrogens with one attached hydrogen (secondary N) is 1. The van der Waals surface area contributed by atoms with Crippen molar-refractivity contribution in [2.75, 3.05) is 27.2 Å². The zero-order valence-corrected chi connectivity index (χ0v) is 15.4. The molecule has 2 atom stereocenters. The molecule has 0 radical (unpaired) electrons. The monoisotopic (exact) mass is 361 g/mol. The fraction of sp³-hybridized carbons (Fsp3) is 0.571. The van der Waals surface area contributed by atoms with E-state index in [1.807, 2.05) is 13.8 Å². The zero-order valence-electron chi connectivity index (χ0n) is 13.7. The fourth-order valence-corrected chi connectivity index (χ4v) is 5.94. The summed E-state index contributed by atoms with van der Waals surface area (Å²) in [5, 5.41) is 3.22. The van der Waals surface area contributed by atoms with Gasteiger partial charge < -0.3 is 5.32 Å². The highest BCUT2D eigenvalue weighted by Gasteiger charge is 2.37. The van der Waals surface area contributed by atoms with Crippen LogP contribution in [-0.4, -0.2) is 64.7 Å². The smallest absolute Gasteiger partial charge is 0.244 e. The molecule has 0 aliphatic carbocycles. The first-order valence-electron chi connectivity index (χ1n) is 7.37. The Hall–Kier alpha value is -1.00. The molecule has 1 aliphatic heterocycles. The molecular weight excluding hydrogens is 338 g/mol. The summed E-state index contributed by atoms with van der Waals surface area (Å²) < 4.78 is 53.4. The molecule has 0 amide bonds. The summed E-state index contributed by atoms with van der Waals surface area (Å²) in [4.78, 5) is -0.363. The molecule has 1 aliphatic rings. The van der Waals surface area contributed by atoms with Crippen LogP contribution in [0.25, 0.3) is 0 Å². The third-order valence-electron chi connectivity index (χ3n) is 4.17. The van der Waals surface area contributed by atoms with E-state index >= 15 is 0 Å². The minimum atomic E-state index is -3.90. The topological polar surface area (TPSA) is 86.8 Å². The molecule has 130 valence electrons. The number of nitrogens with zero attached hydrogens (tertiary/aromatic N) is 2. The minimum absolute atomic E-state index is 0.00357. The van der Waals surface area contributed by atoms with Crippen LogP contribution >= 0.6 is 0 Å². The average molecular weight is 361 g/mol. The van der Waals surface area contributed by atoms with Gasteiger partial charge in [-0.1, -0.05) is 12.1 Å². The van der Waals surface area contributed by atoms with Crippen molar-refractivity contribution in [1.82, 2.24) is 13.9 Å². The molecule has 9 heteroatoms. The van der Waals surface area contributed by atoms with Crippen LogP contribution in [0.3, 0.4) is 0 Å². The van der Waals surface area contributed by atoms with Crippen LogP contribution in [0.2, 0.25) is 0 Å². The van der Waals surface area contributed by atoms with Gasteiger partial charge in [0.25, 0.3) is 0 Å². The van der Waals surface area contributed by atoms with Crippen molar-refractivity contribution in [2.45, 2.75) is 35.7 Å². The van der Waals surface area contributed by atoms with Crippen molar-refractivity contribution < 1.29 is 16.8 Å². The molecule has 2 rings (SSSR count). The summed E-state index contributed by atoms with van der Waals surface area (Å²) in [6, 6.07) is 5.49. The standard InChI is InChI=1S/C14H23N3O4S2/c1-11-12(2)17(10-9-15-11)23(20,21)14-8-6-5-7-13(14)22(18,19)16(3)4/h5-8,11-12,15H,9-10H2,1-4H3. The van der Waals surface area contributed by atoms with Crippen LogP contribution in [-0.2, 0) is 20.0 Å². The van der Waals surface area contributed by atoms with E-state index in [4.69, 9.17) is 0 Å². The molecule has 1 aromatic rings. The van der Waals surface area contributed by atoms with E-state index < -0.39 is 20.0 Å². The number of rotatable bonds is 4. The zero-order chi connectivity index (χ0) is 17.4. The third-order valence-corrected chi connectivity index (χ3v) is 8.22. The predicted molar refractivity (Wildman–Crippen MR) is 88.1 cm³/mol. The molecule has 0 saturated carbocycles. The summed E-state index contributed by atoms with van der Waals surface area (Å²) in [6.45, 7) is 4.57. The first kappa shape index (κ1) is 18.3. The van der Waals surface area contributed by atoms with Crippen LogP contribution < -0.4 is 5.32 Å².